The fourth-order valence-electron chi connectivity index (χ4n) is 2.74. The Labute approximate surface area is 174 Å². The topological polar surface area (TPSA) is 83.0 Å². The van der Waals surface area contributed by atoms with Crippen molar-refractivity contribution in [2.24, 2.45) is 0 Å². The largest absolute Gasteiger partial charge is 0.379 e. The Morgan fingerprint density at radius 1 is 1.21 bits per heavy atom. The summed E-state index contributed by atoms with van der Waals surface area (Å²) in [5, 5.41) is 5.33. The average Bonchev–Trinajstić information content (AvgIpc) is 3.14. The Bertz CT molecular complexity index is 1020. The van der Waals surface area contributed by atoms with Gasteiger partial charge in [0.25, 0.3) is 5.56 Å². The molecule has 0 atom stereocenters. The minimum Gasteiger partial charge on any atom is -0.379 e. The molecule has 0 radical (unpaired) electrons. The lowest BCUT2D eigenvalue weighted by molar-refractivity contribution is 0.0743. The molecular formula is C21H28N4O3S. The molecule has 0 saturated heterocycles. The SMILES string of the molecule is CC(C)OCCCn1c(SCc2nc(C(C)(C)C)no2)nc2ccccc2c1=O. The molecule has 0 N–H and O–H groups in total. The van der Waals surface area contributed by atoms with Gasteiger partial charge in [-0.3, -0.25) is 9.36 Å². The van der Waals surface area contributed by atoms with E-state index in [0.29, 0.717) is 46.7 Å². The number of rotatable bonds is 8. The Morgan fingerprint density at radius 3 is 2.66 bits per heavy atom. The van der Waals surface area contributed by atoms with Crippen LogP contribution in [0.5, 0.6) is 0 Å². The van der Waals surface area contributed by atoms with Crippen LogP contribution < -0.4 is 5.56 Å². The summed E-state index contributed by atoms with van der Waals surface area (Å²) in [6, 6.07) is 7.42. The highest BCUT2D eigenvalue weighted by atomic mass is 32.2. The first-order chi connectivity index (χ1) is 13.8. The zero-order valence-electron chi connectivity index (χ0n) is 17.6. The van der Waals surface area contributed by atoms with Gasteiger partial charge in [0, 0.05) is 18.6 Å². The molecule has 0 amide bonds. The second-order valence-electron chi connectivity index (χ2n) is 8.19. The summed E-state index contributed by atoms with van der Waals surface area (Å²) >= 11 is 1.43. The molecule has 0 aliphatic rings. The predicted octanol–water partition coefficient (Wildman–Crippen LogP) is 4.18. The molecule has 3 aromatic rings. The maximum atomic E-state index is 13.0. The molecule has 3 rings (SSSR count). The van der Waals surface area contributed by atoms with E-state index in [9.17, 15) is 4.79 Å². The van der Waals surface area contributed by atoms with Gasteiger partial charge in [0.05, 0.1) is 22.8 Å². The van der Waals surface area contributed by atoms with Crippen LogP contribution in [-0.4, -0.2) is 32.4 Å². The summed E-state index contributed by atoms with van der Waals surface area (Å²) < 4.78 is 12.7. The first kappa shape index (κ1) is 21.5. The molecule has 29 heavy (non-hydrogen) atoms. The normalized spacial score (nSPS) is 12.2. The summed E-state index contributed by atoms with van der Waals surface area (Å²) in [6.45, 7) is 11.3. The molecule has 2 heterocycles. The third-order valence-electron chi connectivity index (χ3n) is 4.27. The second kappa shape index (κ2) is 9.09. The van der Waals surface area contributed by atoms with Crippen molar-refractivity contribution in [1.29, 1.82) is 0 Å². The summed E-state index contributed by atoms with van der Waals surface area (Å²) in [4.78, 5) is 22.2. The van der Waals surface area contributed by atoms with Crippen LogP contribution in [0.2, 0.25) is 0 Å². The van der Waals surface area contributed by atoms with Gasteiger partial charge in [-0.2, -0.15) is 4.98 Å². The van der Waals surface area contributed by atoms with E-state index in [1.54, 1.807) is 4.57 Å². The third-order valence-corrected chi connectivity index (χ3v) is 5.23. The number of fused-ring (bicyclic) bond motifs is 1. The van der Waals surface area contributed by atoms with Gasteiger partial charge >= 0.3 is 0 Å². The van der Waals surface area contributed by atoms with Crippen LogP contribution in [0, 0.1) is 0 Å². The van der Waals surface area contributed by atoms with Crippen molar-refractivity contribution < 1.29 is 9.26 Å². The van der Waals surface area contributed by atoms with E-state index >= 15 is 0 Å². The quantitative estimate of drug-likeness (QED) is 0.309. The highest BCUT2D eigenvalue weighted by Gasteiger charge is 2.21. The fourth-order valence-corrected chi connectivity index (χ4v) is 3.60. The monoisotopic (exact) mass is 416 g/mol. The molecule has 1 aromatic carbocycles. The van der Waals surface area contributed by atoms with Crippen LogP contribution in [0.15, 0.2) is 38.7 Å². The van der Waals surface area contributed by atoms with E-state index in [1.807, 2.05) is 58.9 Å². The minimum absolute atomic E-state index is 0.0384. The van der Waals surface area contributed by atoms with Crippen LogP contribution in [0.3, 0.4) is 0 Å². The highest BCUT2D eigenvalue weighted by molar-refractivity contribution is 7.98. The Kier molecular flexibility index (Phi) is 6.74. The summed E-state index contributed by atoms with van der Waals surface area (Å²) in [7, 11) is 0. The van der Waals surface area contributed by atoms with E-state index in [1.165, 1.54) is 11.8 Å². The van der Waals surface area contributed by atoms with Gasteiger partial charge in [0.1, 0.15) is 0 Å². The van der Waals surface area contributed by atoms with Gasteiger partial charge in [-0.15, -0.1) is 0 Å². The van der Waals surface area contributed by atoms with Crippen molar-refractivity contribution >= 4 is 22.7 Å². The van der Waals surface area contributed by atoms with E-state index in [4.69, 9.17) is 14.2 Å². The van der Waals surface area contributed by atoms with E-state index in [0.717, 1.165) is 6.42 Å². The van der Waals surface area contributed by atoms with Gasteiger partial charge in [-0.1, -0.05) is 49.8 Å². The summed E-state index contributed by atoms with van der Waals surface area (Å²) in [5.74, 6) is 1.65. The first-order valence-electron chi connectivity index (χ1n) is 9.83. The lowest BCUT2D eigenvalue weighted by Gasteiger charge is -2.13. The van der Waals surface area contributed by atoms with Crippen molar-refractivity contribution in [2.45, 2.75) is 70.0 Å². The smallest absolute Gasteiger partial charge is 0.262 e. The molecule has 8 heteroatoms. The molecule has 0 fully saturated rings. The number of hydrogen-bond acceptors (Lipinski definition) is 7. The number of aromatic nitrogens is 4. The molecule has 0 aliphatic heterocycles. The zero-order chi connectivity index (χ0) is 21.0. The molecule has 2 aromatic heterocycles. The summed E-state index contributed by atoms with van der Waals surface area (Å²) in [5.41, 5.74) is 0.478. The average molecular weight is 417 g/mol. The molecule has 7 nitrogen and oxygen atoms in total. The van der Waals surface area contributed by atoms with Crippen LogP contribution in [0.4, 0.5) is 0 Å². The molecule has 0 aliphatic carbocycles. The number of thioether (sulfide) groups is 1. The van der Waals surface area contributed by atoms with Crippen molar-refractivity contribution in [2.75, 3.05) is 6.61 Å². The lowest BCUT2D eigenvalue weighted by atomic mass is 9.96. The molecular weight excluding hydrogens is 388 g/mol. The number of para-hydroxylation sites is 1. The number of ether oxygens (including phenoxy) is 1. The van der Waals surface area contributed by atoms with Gasteiger partial charge in [0.15, 0.2) is 11.0 Å². The molecule has 0 unspecified atom stereocenters. The van der Waals surface area contributed by atoms with Crippen molar-refractivity contribution in [3.8, 4) is 0 Å². The Hall–Kier alpha value is -2.19. The fraction of sp³-hybridized carbons (Fsp3) is 0.524. The maximum Gasteiger partial charge on any atom is 0.262 e. The van der Waals surface area contributed by atoms with Crippen molar-refractivity contribution in [3.63, 3.8) is 0 Å². The predicted molar refractivity (Wildman–Crippen MR) is 114 cm³/mol. The second-order valence-corrected chi connectivity index (χ2v) is 9.13. The van der Waals surface area contributed by atoms with Gasteiger partial charge in [-0.05, 0) is 32.4 Å². The van der Waals surface area contributed by atoms with Crippen LogP contribution in [-0.2, 0) is 22.4 Å². The van der Waals surface area contributed by atoms with Crippen LogP contribution in [0.25, 0.3) is 10.9 Å². The van der Waals surface area contributed by atoms with Crippen LogP contribution >= 0.6 is 11.8 Å². The van der Waals surface area contributed by atoms with Crippen molar-refractivity contribution in [3.05, 3.63) is 46.3 Å². The molecule has 0 spiro atoms. The Morgan fingerprint density at radius 2 is 1.97 bits per heavy atom. The van der Waals surface area contributed by atoms with E-state index in [2.05, 4.69) is 10.1 Å². The standard InChI is InChI=1S/C21H28N4O3S/c1-14(2)27-12-8-11-25-18(26)15-9-6-7-10-16(15)22-20(25)29-13-17-23-19(24-28-17)21(3,4)5/h6-7,9-10,14H,8,11-13H2,1-5H3. The number of benzene rings is 1. The van der Waals surface area contributed by atoms with Gasteiger partial charge in [-0.25, -0.2) is 4.98 Å². The van der Waals surface area contributed by atoms with E-state index in [-0.39, 0.29) is 17.1 Å². The number of hydrogen-bond donors (Lipinski definition) is 0. The lowest BCUT2D eigenvalue weighted by Crippen LogP contribution is -2.24. The maximum absolute atomic E-state index is 13.0. The third kappa shape index (κ3) is 5.45. The van der Waals surface area contributed by atoms with Gasteiger partial charge < -0.3 is 9.26 Å². The zero-order valence-corrected chi connectivity index (χ0v) is 18.5. The number of nitrogens with zero attached hydrogens (tertiary/aromatic N) is 4. The summed E-state index contributed by atoms with van der Waals surface area (Å²) in [6.07, 6.45) is 0.908. The Balaban J connectivity index is 1.83. The molecule has 156 valence electrons. The highest BCUT2D eigenvalue weighted by Crippen LogP contribution is 2.24. The molecule has 0 bridgehead atoms. The van der Waals surface area contributed by atoms with Gasteiger partial charge in [0.2, 0.25) is 5.89 Å². The first-order valence-corrected chi connectivity index (χ1v) is 10.8. The van der Waals surface area contributed by atoms with E-state index < -0.39 is 0 Å². The van der Waals surface area contributed by atoms with Crippen molar-refractivity contribution in [1.82, 2.24) is 19.7 Å². The minimum atomic E-state index is -0.174. The van der Waals surface area contributed by atoms with Crippen LogP contribution in [0.1, 0.15) is 52.8 Å². The molecule has 0 saturated carbocycles.